The quantitative estimate of drug-likeness (QED) is 0.678. The molecule has 1 unspecified atom stereocenters. The standard InChI is InChI=1S/C14H25N3O2/c1-11-5-4-8-17(9-11)10-13(18)16-14(19)15-12-6-2-3-7-12/h11-12H,2-10H2,1H3,(H2,15,16,18,19)/p+1/t11-/m1/s1. The predicted molar refractivity (Wildman–Crippen MR) is 72.9 cm³/mol. The highest BCUT2D eigenvalue weighted by Crippen LogP contribution is 2.17. The first-order valence-electron chi connectivity index (χ1n) is 7.57. The Morgan fingerprint density at radius 3 is 2.58 bits per heavy atom. The first-order valence-corrected chi connectivity index (χ1v) is 7.57. The zero-order valence-electron chi connectivity index (χ0n) is 11.8. The van der Waals surface area contributed by atoms with Crippen molar-refractivity contribution in [2.75, 3.05) is 19.6 Å². The van der Waals surface area contributed by atoms with Crippen LogP contribution in [0.1, 0.15) is 45.4 Å². The van der Waals surface area contributed by atoms with E-state index in [0.717, 1.165) is 25.9 Å². The van der Waals surface area contributed by atoms with Crippen LogP contribution in [-0.4, -0.2) is 37.6 Å². The smallest absolute Gasteiger partial charge is 0.321 e. The third-order valence-corrected chi connectivity index (χ3v) is 4.22. The van der Waals surface area contributed by atoms with Gasteiger partial charge in [0.1, 0.15) is 0 Å². The Bertz CT molecular complexity index is 327. The summed E-state index contributed by atoms with van der Waals surface area (Å²) in [5, 5.41) is 5.33. The molecule has 1 aliphatic heterocycles. The second kappa shape index (κ2) is 6.89. The Morgan fingerprint density at radius 1 is 1.16 bits per heavy atom. The minimum atomic E-state index is -0.318. The van der Waals surface area contributed by atoms with E-state index in [0.29, 0.717) is 12.5 Å². The number of urea groups is 1. The molecule has 1 saturated heterocycles. The summed E-state index contributed by atoms with van der Waals surface area (Å²) < 4.78 is 0. The van der Waals surface area contributed by atoms with E-state index < -0.39 is 0 Å². The molecule has 2 atom stereocenters. The molecule has 0 aromatic heterocycles. The first kappa shape index (κ1) is 14.3. The van der Waals surface area contributed by atoms with Crippen molar-refractivity contribution in [2.45, 2.75) is 51.5 Å². The number of carbonyl (C=O) groups excluding carboxylic acids is 2. The number of imide groups is 1. The van der Waals surface area contributed by atoms with Gasteiger partial charge in [0, 0.05) is 12.0 Å². The van der Waals surface area contributed by atoms with E-state index in [2.05, 4.69) is 17.6 Å². The summed E-state index contributed by atoms with van der Waals surface area (Å²) in [4.78, 5) is 24.8. The SMILES string of the molecule is C[C@@H]1CCC[NH+](CC(=O)NC(=O)NC2CCCC2)C1. The lowest BCUT2D eigenvalue weighted by molar-refractivity contribution is -0.900. The third-order valence-electron chi connectivity index (χ3n) is 4.22. The summed E-state index contributed by atoms with van der Waals surface area (Å²) in [5.74, 6) is 0.531. The molecule has 3 amide bonds. The second-order valence-corrected chi connectivity index (χ2v) is 6.13. The number of hydrogen-bond acceptors (Lipinski definition) is 2. The number of hydrogen-bond donors (Lipinski definition) is 3. The van der Waals surface area contributed by atoms with Crippen molar-refractivity contribution in [1.29, 1.82) is 0 Å². The van der Waals surface area contributed by atoms with Gasteiger partial charge in [-0.25, -0.2) is 4.79 Å². The van der Waals surface area contributed by atoms with Gasteiger partial charge in [0.05, 0.1) is 13.1 Å². The lowest BCUT2D eigenvalue weighted by Gasteiger charge is -2.27. The van der Waals surface area contributed by atoms with E-state index in [1.807, 2.05) is 0 Å². The minimum absolute atomic E-state index is 0.153. The molecular formula is C14H26N3O2+. The van der Waals surface area contributed by atoms with Crippen molar-refractivity contribution in [3.05, 3.63) is 0 Å². The van der Waals surface area contributed by atoms with Crippen molar-refractivity contribution in [3.63, 3.8) is 0 Å². The summed E-state index contributed by atoms with van der Waals surface area (Å²) in [6.07, 6.45) is 6.86. The Balaban J connectivity index is 1.66. The molecule has 2 rings (SSSR count). The van der Waals surface area contributed by atoms with Crippen LogP contribution >= 0.6 is 0 Å². The summed E-state index contributed by atoms with van der Waals surface area (Å²) in [5.41, 5.74) is 0. The van der Waals surface area contributed by atoms with Gasteiger partial charge in [0.15, 0.2) is 6.54 Å². The maximum atomic E-state index is 11.8. The summed E-state index contributed by atoms with van der Waals surface area (Å²) >= 11 is 0. The van der Waals surface area contributed by atoms with E-state index in [-0.39, 0.29) is 18.0 Å². The van der Waals surface area contributed by atoms with E-state index in [9.17, 15) is 9.59 Å². The summed E-state index contributed by atoms with van der Waals surface area (Å²) in [7, 11) is 0. The number of carbonyl (C=O) groups is 2. The Labute approximate surface area is 115 Å². The molecule has 5 heteroatoms. The fourth-order valence-corrected chi connectivity index (χ4v) is 3.25. The van der Waals surface area contributed by atoms with Gasteiger partial charge in [-0.05, 0) is 25.7 Å². The molecule has 2 aliphatic rings. The lowest BCUT2D eigenvalue weighted by atomic mass is 10.0. The maximum Gasteiger partial charge on any atom is 0.321 e. The van der Waals surface area contributed by atoms with Gasteiger partial charge in [0.2, 0.25) is 0 Å². The van der Waals surface area contributed by atoms with Crippen molar-refractivity contribution in [3.8, 4) is 0 Å². The molecule has 3 N–H and O–H groups in total. The highest BCUT2D eigenvalue weighted by Gasteiger charge is 2.23. The number of amides is 3. The average Bonchev–Trinajstić information content (AvgIpc) is 2.81. The maximum absolute atomic E-state index is 11.8. The van der Waals surface area contributed by atoms with Crippen LogP contribution in [0.25, 0.3) is 0 Å². The molecule has 0 bridgehead atoms. The van der Waals surface area contributed by atoms with Crippen molar-refractivity contribution in [2.24, 2.45) is 5.92 Å². The number of likely N-dealkylation sites (tertiary alicyclic amines) is 1. The van der Waals surface area contributed by atoms with Gasteiger partial charge in [0.25, 0.3) is 5.91 Å². The van der Waals surface area contributed by atoms with Crippen LogP contribution in [-0.2, 0) is 4.79 Å². The van der Waals surface area contributed by atoms with Gasteiger partial charge in [-0.3, -0.25) is 10.1 Å². The molecule has 1 heterocycles. The van der Waals surface area contributed by atoms with Crippen LogP contribution in [0.4, 0.5) is 4.79 Å². The molecule has 0 aromatic rings. The van der Waals surface area contributed by atoms with Gasteiger partial charge in [-0.2, -0.15) is 0 Å². The predicted octanol–water partition coefficient (Wildman–Crippen LogP) is 0.0696. The highest BCUT2D eigenvalue weighted by atomic mass is 16.2. The first-order chi connectivity index (χ1) is 9.13. The zero-order chi connectivity index (χ0) is 13.7. The monoisotopic (exact) mass is 268 g/mol. The molecule has 1 saturated carbocycles. The van der Waals surface area contributed by atoms with Gasteiger partial charge >= 0.3 is 6.03 Å². The molecule has 19 heavy (non-hydrogen) atoms. The van der Waals surface area contributed by atoms with Gasteiger partial charge in [-0.15, -0.1) is 0 Å². The number of piperidine rings is 1. The fourth-order valence-electron chi connectivity index (χ4n) is 3.25. The molecular weight excluding hydrogens is 242 g/mol. The number of rotatable bonds is 3. The van der Waals surface area contributed by atoms with Gasteiger partial charge in [-0.1, -0.05) is 19.8 Å². The van der Waals surface area contributed by atoms with Crippen LogP contribution in [0.3, 0.4) is 0 Å². The minimum Gasteiger partial charge on any atom is -0.335 e. The average molecular weight is 268 g/mol. The molecule has 2 fully saturated rings. The van der Waals surface area contributed by atoms with E-state index in [1.54, 1.807) is 0 Å². The topological polar surface area (TPSA) is 62.6 Å². The molecule has 1 aliphatic carbocycles. The number of nitrogens with one attached hydrogen (secondary N) is 3. The fraction of sp³-hybridized carbons (Fsp3) is 0.857. The van der Waals surface area contributed by atoms with Crippen molar-refractivity contribution >= 4 is 11.9 Å². The normalized spacial score (nSPS) is 28.1. The summed E-state index contributed by atoms with van der Waals surface area (Å²) in [6, 6.07) is -0.0588. The lowest BCUT2D eigenvalue weighted by Crippen LogP contribution is -3.14. The molecule has 5 nitrogen and oxygen atoms in total. The van der Waals surface area contributed by atoms with Crippen LogP contribution in [0, 0.1) is 5.92 Å². The molecule has 108 valence electrons. The highest BCUT2D eigenvalue weighted by molar-refractivity contribution is 5.94. The zero-order valence-corrected chi connectivity index (χ0v) is 11.8. The number of quaternary nitrogens is 1. The van der Waals surface area contributed by atoms with Crippen LogP contribution in [0.5, 0.6) is 0 Å². The second-order valence-electron chi connectivity index (χ2n) is 6.13. The molecule has 0 radical (unpaired) electrons. The van der Waals surface area contributed by atoms with E-state index in [4.69, 9.17) is 0 Å². The van der Waals surface area contributed by atoms with Crippen molar-refractivity contribution < 1.29 is 14.5 Å². The van der Waals surface area contributed by atoms with Crippen molar-refractivity contribution in [1.82, 2.24) is 10.6 Å². The van der Waals surface area contributed by atoms with Crippen LogP contribution in [0.15, 0.2) is 0 Å². The van der Waals surface area contributed by atoms with Gasteiger partial charge < -0.3 is 10.2 Å². The molecule has 0 aromatic carbocycles. The van der Waals surface area contributed by atoms with Crippen LogP contribution < -0.4 is 15.5 Å². The third kappa shape index (κ3) is 4.82. The summed E-state index contributed by atoms with van der Waals surface area (Å²) in [6.45, 7) is 4.73. The largest absolute Gasteiger partial charge is 0.335 e. The van der Waals surface area contributed by atoms with E-state index >= 15 is 0 Å². The van der Waals surface area contributed by atoms with E-state index in [1.165, 1.54) is 30.6 Å². The Morgan fingerprint density at radius 2 is 1.89 bits per heavy atom. The Hall–Kier alpha value is -1.10. The molecule has 0 spiro atoms. The van der Waals surface area contributed by atoms with Crippen LogP contribution in [0.2, 0.25) is 0 Å². The Kier molecular flexibility index (Phi) is 5.19.